The molecule has 1 aromatic rings. The molecule has 0 saturated carbocycles. The van der Waals surface area contributed by atoms with E-state index < -0.39 is 0 Å². The molecule has 1 rings (SSSR count). The summed E-state index contributed by atoms with van der Waals surface area (Å²) < 4.78 is 4.95. The fourth-order valence-electron chi connectivity index (χ4n) is 2.48. The van der Waals surface area contributed by atoms with Crippen molar-refractivity contribution in [1.29, 1.82) is 0 Å². The number of carbonyl (C=O) groups excluding carboxylic acids is 1. The topological polar surface area (TPSA) is 70.6 Å². The molecule has 0 fully saturated rings. The molecule has 2 unspecified atom stereocenters. The molecule has 3 N–H and O–H groups in total. The molecule has 0 saturated heterocycles. The van der Waals surface area contributed by atoms with Crippen molar-refractivity contribution < 1.29 is 14.6 Å². The third-order valence-corrected chi connectivity index (χ3v) is 3.55. The lowest BCUT2D eigenvalue weighted by Crippen LogP contribution is -2.45. The van der Waals surface area contributed by atoms with Crippen molar-refractivity contribution in [1.82, 2.24) is 10.6 Å². The zero-order chi connectivity index (χ0) is 15.8. The van der Waals surface area contributed by atoms with Gasteiger partial charge in [0.05, 0.1) is 18.7 Å². The number of ether oxygens (including phenoxy) is 1. The summed E-state index contributed by atoms with van der Waals surface area (Å²) in [6.45, 7) is 6.42. The number of hydrogen-bond acceptors (Lipinski definition) is 3. The van der Waals surface area contributed by atoms with Crippen LogP contribution in [0.3, 0.4) is 0 Å². The summed E-state index contributed by atoms with van der Waals surface area (Å²) in [5.74, 6) is 0. The number of carbonyl (C=O) groups is 1. The second kappa shape index (κ2) is 8.64. The number of hydrogen-bond donors (Lipinski definition) is 3. The van der Waals surface area contributed by atoms with Crippen LogP contribution in [0, 0.1) is 13.8 Å². The Morgan fingerprint density at radius 1 is 1.29 bits per heavy atom. The Bertz CT molecular complexity index is 443. The second-order valence-corrected chi connectivity index (χ2v) is 5.31. The molecule has 0 aliphatic rings. The number of aliphatic hydroxyl groups excluding tert-OH is 1. The molecule has 0 aliphatic heterocycles. The van der Waals surface area contributed by atoms with Gasteiger partial charge in [-0.25, -0.2) is 4.79 Å². The number of methoxy groups -OCH3 is 1. The van der Waals surface area contributed by atoms with E-state index in [1.165, 1.54) is 0 Å². The van der Waals surface area contributed by atoms with Crippen molar-refractivity contribution in [3.8, 4) is 0 Å². The molecule has 0 heterocycles. The smallest absolute Gasteiger partial charge is 0.315 e. The molecular formula is C16H26N2O3. The van der Waals surface area contributed by atoms with E-state index >= 15 is 0 Å². The lowest BCUT2D eigenvalue weighted by molar-refractivity contribution is 0.159. The Balaban J connectivity index is 2.61. The summed E-state index contributed by atoms with van der Waals surface area (Å²) in [6.07, 6.45) is 0.582. The second-order valence-electron chi connectivity index (χ2n) is 5.31. The summed E-state index contributed by atoms with van der Waals surface area (Å²) in [4.78, 5) is 12.0. The molecule has 5 heteroatoms. The number of rotatable bonds is 7. The van der Waals surface area contributed by atoms with Crippen LogP contribution in [-0.4, -0.2) is 37.5 Å². The first kappa shape index (κ1) is 17.5. The number of benzene rings is 1. The molecule has 2 atom stereocenters. The van der Waals surface area contributed by atoms with Gasteiger partial charge in [-0.3, -0.25) is 0 Å². The maximum atomic E-state index is 12.0. The Kier molecular flexibility index (Phi) is 7.19. The van der Waals surface area contributed by atoms with E-state index in [4.69, 9.17) is 4.74 Å². The lowest BCUT2D eigenvalue weighted by atomic mass is 9.97. The van der Waals surface area contributed by atoms with E-state index in [0.717, 1.165) is 16.7 Å². The molecule has 2 amide bonds. The van der Waals surface area contributed by atoms with Gasteiger partial charge in [0.15, 0.2) is 0 Å². The van der Waals surface area contributed by atoms with Crippen molar-refractivity contribution >= 4 is 6.03 Å². The number of amides is 2. The van der Waals surface area contributed by atoms with Crippen LogP contribution >= 0.6 is 0 Å². The molecule has 0 bridgehead atoms. The SMILES string of the molecule is COCCC(CO)NC(=O)NC(C)c1c(C)cccc1C. The van der Waals surface area contributed by atoms with Gasteiger partial charge in [-0.05, 0) is 43.9 Å². The van der Waals surface area contributed by atoms with Gasteiger partial charge in [-0.15, -0.1) is 0 Å². The fraction of sp³-hybridized carbons (Fsp3) is 0.562. The largest absolute Gasteiger partial charge is 0.394 e. The average Bonchev–Trinajstić information content (AvgIpc) is 2.43. The van der Waals surface area contributed by atoms with Crippen LogP contribution in [0.4, 0.5) is 4.79 Å². The van der Waals surface area contributed by atoms with Gasteiger partial charge in [0, 0.05) is 13.7 Å². The molecule has 0 radical (unpaired) electrons. The van der Waals surface area contributed by atoms with Gasteiger partial charge in [0.1, 0.15) is 0 Å². The maximum absolute atomic E-state index is 12.0. The van der Waals surface area contributed by atoms with Gasteiger partial charge < -0.3 is 20.5 Å². The normalized spacial score (nSPS) is 13.6. The molecule has 0 spiro atoms. The van der Waals surface area contributed by atoms with Crippen molar-refractivity contribution in [2.75, 3.05) is 20.3 Å². The van der Waals surface area contributed by atoms with Crippen molar-refractivity contribution in [3.63, 3.8) is 0 Å². The minimum absolute atomic E-state index is 0.0898. The summed E-state index contributed by atoms with van der Waals surface area (Å²) in [5.41, 5.74) is 3.44. The highest BCUT2D eigenvalue weighted by Crippen LogP contribution is 2.21. The van der Waals surface area contributed by atoms with Crippen LogP contribution < -0.4 is 10.6 Å². The highest BCUT2D eigenvalue weighted by Gasteiger charge is 2.16. The Labute approximate surface area is 126 Å². The van der Waals surface area contributed by atoms with Crippen LogP contribution in [0.15, 0.2) is 18.2 Å². The van der Waals surface area contributed by atoms with E-state index in [9.17, 15) is 9.90 Å². The van der Waals surface area contributed by atoms with E-state index in [0.29, 0.717) is 13.0 Å². The molecule has 1 aromatic carbocycles. The fourth-order valence-corrected chi connectivity index (χ4v) is 2.48. The number of urea groups is 1. The highest BCUT2D eigenvalue weighted by molar-refractivity contribution is 5.74. The van der Waals surface area contributed by atoms with Gasteiger partial charge in [0.2, 0.25) is 0 Å². The van der Waals surface area contributed by atoms with Gasteiger partial charge in [0.25, 0.3) is 0 Å². The van der Waals surface area contributed by atoms with Crippen molar-refractivity contribution in [2.45, 2.75) is 39.3 Å². The quantitative estimate of drug-likeness (QED) is 0.721. The monoisotopic (exact) mass is 294 g/mol. The van der Waals surface area contributed by atoms with Crippen molar-refractivity contribution in [3.05, 3.63) is 34.9 Å². The zero-order valence-corrected chi connectivity index (χ0v) is 13.3. The summed E-state index contributed by atoms with van der Waals surface area (Å²) in [5, 5.41) is 14.9. The standard InChI is InChI=1S/C16H26N2O3/c1-11-6-5-7-12(2)15(11)13(3)17-16(20)18-14(10-19)8-9-21-4/h5-7,13-14,19H,8-10H2,1-4H3,(H2,17,18,20). The van der Waals surface area contributed by atoms with Crippen LogP contribution in [0.25, 0.3) is 0 Å². The summed E-state index contributed by atoms with van der Waals surface area (Å²) >= 11 is 0. The van der Waals surface area contributed by atoms with Crippen LogP contribution in [0.5, 0.6) is 0 Å². The van der Waals surface area contributed by atoms with Crippen molar-refractivity contribution in [2.24, 2.45) is 0 Å². The predicted molar refractivity (Wildman–Crippen MR) is 83.4 cm³/mol. The molecule has 5 nitrogen and oxygen atoms in total. The highest BCUT2D eigenvalue weighted by atomic mass is 16.5. The predicted octanol–water partition coefficient (Wildman–Crippen LogP) is 2.06. The molecule has 118 valence electrons. The molecule has 0 aliphatic carbocycles. The number of nitrogens with one attached hydrogen (secondary N) is 2. The average molecular weight is 294 g/mol. The van der Waals surface area contributed by atoms with Gasteiger partial charge >= 0.3 is 6.03 Å². The first-order valence-corrected chi connectivity index (χ1v) is 7.22. The van der Waals surface area contributed by atoms with E-state index in [1.807, 2.05) is 39.0 Å². The third-order valence-electron chi connectivity index (χ3n) is 3.55. The first-order chi connectivity index (χ1) is 9.99. The van der Waals surface area contributed by atoms with Crippen LogP contribution in [0.2, 0.25) is 0 Å². The zero-order valence-electron chi connectivity index (χ0n) is 13.3. The number of aliphatic hydroxyl groups is 1. The lowest BCUT2D eigenvalue weighted by Gasteiger charge is -2.22. The van der Waals surface area contributed by atoms with E-state index in [1.54, 1.807) is 7.11 Å². The molecular weight excluding hydrogens is 268 g/mol. The third kappa shape index (κ3) is 5.36. The Morgan fingerprint density at radius 3 is 2.43 bits per heavy atom. The maximum Gasteiger partial charge on any atom is 0.315 e. The first-order valence-electron chi connectivity index (χ1n) is 7.22. The minimum atomic E-state index is -0.296. The minimum Gasteiger partial charge on any atom is -0.394 e. The van der Waals surface area contributed by atoms with Gasteiger partial charge in [-0.2, -0.15) is 0 Å². The van der Waals surface area contributed by atoms with Crippen LogP contribution in [-0.2, 0) is 4.74 Å². The number of aryl methyl sites for hydroxylation is 2. The van der Waals surface area contributed by atoms with Crippen LogP contribution in [0.1, 0.15) is 36.1 Å². The molecule has 0 aromatic heterocycles. The molecule has 21 heavy (non-hydrogen) atoms. The van der Waals surface area contributed by atoms with E-state index in [2.05, 4.69) is 10.6 Å². The van der Waals surface area contributed by atoms with E-state index in [-0.39, 0.29) is 24.7 Å². The Morgan fingerprint density at radius 2 is 1.90 bits per heavy atom. The summed E-state index contributed by atoms with van der Waals surface area (Å²) in [6, 6.07) is 5.41. The summed E-state index contributed by atoms with van der Waals surface area (Å²) in [7, 11) is 1.59. The Hall–Kier alpha value is -1.59. The van der Waals surface area contributed by atoms with Gasteiger partial charge in [-0.1, -0.05) is 18.2 Å².